The SMILES string of the molecule is Cn1cc(CCC(=O)C2(C)CCNC2)cn1. The Bertz CT molecular complexity index is 377. The average Bonchev–Trinajstić information content (AvgIpc) is 2.85. The fourth-order valence-corrected chi connectivity index (χ4v) is 2.22. The number of aromatic nitrogens is 2. The van der Waals surface area contributed by atoms with Crippen molar-refractivity contribution in [3.63, 3.8) is 0 Å². The van der Waals surface area contributed by atoms with Crippen LogP contribution in [0.5, 0.6) is 0 Å². The maximum Gasteiger partial charge on any atom is 0.140 e. The van der Waals surface area contributed by atoms with Crippen LogP contribution in [0.4, 0.5) is 0 Å². The lowest BCUT2D eigenvalue weighted by Crippen LogP contribution is -2.30. The molecule has 0 saturated carbocycles. The van der Waals surface area contributed by atoms with E-state index in [1.807, 2.05) is 19.4 Å². The lowest BCUT2D eigenvalue weighted by molar-refractivity contribution is -0.126. The third kappa shape index (κ3) is 2.32. The van der Waals surface area contributed by atoms with Gasteiger partial charge in [-0.25, -0.2) is 0 Å². The minimum atomic E-state index is -0.137. The second kappa shape index (κ2) is 4.37. The Hall–Kier alpha value is -1.16. The Morgan fingerprint density at radius 3 is 3.06 bits per heavy atom. The van der Waals surface area contributed by atoms with Crippen LogP contribution in [0, 0.1) is 5.41 Å². The first kappa shape index (κ1) is 11.3. The van der Waals surface area contributed by atoms with Gasteiger partial charge in [0, 0.05) is 31.6 Å². The van der Waals surface area contributed by atoms with Crippen LogP contribution in [0.15, 0.2) is 12.4 Å². The summed E-state index contributed by atoms with van der Waals surface area (Å²) in [4.78, 5) is 12.1. The van der Waals surface area contributed by atoms with Gasteiger partial charge in [0.05, 0.1) is 6.20 Å². The topological polar surface area (TPSA) is 46.9 Å². The van der Waals surface area contributed by atoms with Crippen molar-refractivity contribution in [1.29, 1.82) is 0 Å². The number of carbonyl (C=O) groups is 1. The molecule has 1 aromatic rings. The molecule has 1 atom stereocenters. The van der Waals surface area contributed by atoms with Gasteiger partial charge in [0.1, 0.15) is 5.78 Å². The summed E-state index contributed by atoms with van der Waals surface area (Å²) in [6.07, 6.45) is 6.22. The van der Waals surface area contributed by atoms with Crippen molar-refractivity contribution in [2.45, 2.75) is 26.2 Å². The largest absolute Gasteiger partial charge is 0.316 e. The van der Waals surface area contributed by atoms with Gasteiger partial charge in [-0.2, -0.15) is 5.10 Å². The van der Waals surface area contributed by atoms with Gasteiger partial charge in [0.25, 0.3) is 0 Å². The van der Waals surface area contributed by atoms with Crippen molar-refractivity contribution in [1.82, 2.24) is 15.1 Å². The summed E-state index contributed by atoms with van der Waals surface area (Å²) in [6.45, 7) is 3.87. The molecule has 0 amide bonds. The van der Waals surface area contributed by atoms with Crippen molar-refractivity contribution in [2.24, 2.45) is 12.5 Å². The first-order valence-corrected chi connectivity index (χ1v) is 5.82. The highest BCUT2D eigenvalue weighted by atomic mass is 16.1. The molecular formula is C12H19N3O. The minimum Gasteiger partial charge on any atom is -0.316 e. The van der Waals surface area contributed by atoms with Crippen LogP contribution in [0.2, 0.25) is 0 Å². The summed E-state index contributed by atoms with van der Waals surface area (Å²) in [7, 11) is 1.90. The predicted octanol–water partition coefficient (Wildman–Crippen LogP) is 0.921. The predicted molar refractivity (Wildman–Crippen MR) is 62.1 cm³/mol. The van der Waals surface area contributed by atoms with E-state index in [-0.39, 0.29) is 5.41 Å². The molecule has 1 aliphatic heterocycles. The highest BCUT2D eigenvalue weighted by molar-refractivity contribution is 5.85. The Morgan fingerprint density at radius 1 is 1.69 bits per heavy atom. The first-order chi connectivity index (χ1) is 7.60. The lowest BCUT2D eigenvalue weighted by Gasteiger charge is -2.20. The Kier molecular flexibility index (Phi) is 3.10. The molecule has 0 radical (unpaired) electrons. The molecule has 2 heterocycles. The van der Waals surface area contributed by atoms with E-state index >= 15 is 0 Å². The maximum absolute atomic E-state index is 12.1. The molecule has 1 saturated heterocycles. The van der Waals surface area contributed by atoms with Crippen LogP contribution in [-0.4, -0.2) is 28.7 Å². The van der Waals surface area contributed by atoms with Crippen LogP contribution in [0.25, 0.3) is 0 Å². The van der Waals surface area contributed by atoms with Gasteiger partial charge in [0.2, 0.25) is 0 Å². The zero-order valence-electron chi connectivity index (χ0n) is 9.99. The second-order valence-corrected chi connectivity index (χ2v) is 4.93. The van der Waals surface area contributed by atoms with Crippen LogP contribution in [0.3, 0.4) is 0 Å². The number of rotatable bonds is 4. The van der Waals surface area contributed by atoms with E-state index in [2.05, 4.69) is 17.3 Å². The van der Waals surface area contributed by atoms with E-state index in [4.69, 9.17) is 0 Å². The third-order valence-electron chi connectivity index (χ3n) is 3.44. The number of aryl methyl sites for hydroxylation is 2. The van der Waals surface area contributed by atoms with Crippen molar-refractivity contribution < 1.29 is 4.79 Å². The number of hydrogen-bond donors (Lipinski definition) is 1. The van der Waals surface area contributed by atoms with Gasteiger partial charge in [0.15, 0.2) is 0 Å². The summed E-state index contributed by atoms with van der Waals surface area (Å²) in [5.41, 5.74) is 1.01. The molecule has 1 N–H and O–H groups in total. The summed E-state index contributed by atoms with van der Waals surface area (Å²) < 4.78 is 1.78. The van der Waals surface area contributed by atoms with Crippen LogP contribution in [-0.2, 0) is 18.3 Å². The van der Waals surface area contributed by atoms with Gasteiger partial charge in [-0.1, -0.05) is 6.92 Å². The first-order valence-electron chi connectivity index (χ1n) is 5.82. The fourth-order valence-electron chi connectivity index (χ4n) is 2.22. The molecule has 0 spiro atoms. The molecule has 16 heavy (non-hydrogen) atoms. The second-order valence-electron chi connectivity index (χ2n) is 4.93. The summed E-state index contributed by atoms with van der Waals surface area (Å²) in [5.74, 6) is 0.376. The summed E-state index contributed by atoms with van der Waals surface area (Å²) in [6, 6.07) is 0. The highest BCUT2D eigenvalue weighted by Crippen LogP contribution is 2.27. The number of nitrogens with one attached hydrogen (secondary N) is 1. The molecule has 1 fully saturated rings. The zero-order valence-corrected chi connectivity index (χ0v) is 9.99. The summed E-state index contributed by atoms with van der Waals surface area (Å²) in [5, 5.41) is 7.36. The van der Waals surface area contributed by atoms with Gasteiger partial charge in [-0.15, -0.1) is 0 Å². The van der Waals surface area contributed by atoms with Gasteiger partial charge in [-0.3, -0.25) is 9.48 Å². The van der Waals surface area contributed by atoms with Crippen molar-refractivity contribution in [3.8, 4) is 0 Å². The average molecular weight is 221 g/mol. The van der Waals surface area contributed by atoms with E-state index < -0.39 is 0 Å². The Labute approximate surface area is 96.0 Å². The maximum atomic E-state index is 12.1. The number of Topliss-reactive ketones (excluding diaryl/α,β-unsaturated/α-hetero) is 1. The number of ketones is 1. The van der Waals surface area contributed by atoms with Crippen LogP contribution in [0.1, 0.15) is 25.3 Å². The third-order valence-corrected chi connectivity index (χ3v) is 3.44. The number of nitrogens with zero attached hydrogens (tertiary/aromatic N) is 2. The van der Waals surface area contributed by atoms with Gasteiger partial charge >= 0.3 is 0 Å². The van der Waals surface area contributed by atoms with E-state index in [9.17, 15) is 4.79 Å². The molecule has 2 rings (SSSR count). The van der Waals surface area contributed by atoms with E-state index in [1.165, 1.54) is 0 Å². The van der Waals surface area contributed by atoms with Crippen LogP contribution >= 0.6 is 0 Å². The molecule has 0 aliphatic carbocycles. The monoisotopic (exact) mass is 221 g/mol. The molecule has 4 heteroatoms. The zero-order chi connectivity index (χ0) is 11.6. The Balaban J connectivity index is 1.88. The Morgan fingerprint density at radius 2 is 2.50 bits per heavy atom. The van der Waals surface area contributed by atoms with Crippen molar-refractivity contribution in [2.75, 3.05) is 13.1 Å². The normalized spacial score (nSPS) is 24.9. The molecule has 88 valence electrons. The summed E-state index contributed by atoms with van der Waals surface area (Å²) >= 11 is 0. The number of carbonyl (C=O) groups excluding carboxylic acids is 1. The quantitative estimate of drug-likeness (QED) is 0.822. The van der Waals surface area contributed by atoms with E-state index in [0.717, 1.165) is 31.5 Å². The standard InChI is InChI=1S/C12H19N3O/c1-12(5-6-13-9-12)11(16)4-3-10-7-14-15(2)8-10/h7-8,13H,3-6,9H2,1-2H3. The molecule has 0 aromatic carbocycles. The molecule has 4 nitrogen and oxygen atoms in total. The van der Waals surface area contributed by atoms with E-state index in [0.29, 0.717) is 12.2 Å². The minimum absolute atomic E-state index is 0.137. The molecule has 1 aliphatic rings. The van der Waals surface area contributed by atoms with Crippen LogP contribution < -0.4 is 5.32 Å². The molecule has 1 aromatic heterocycles. The smallest absolute Gasteiger partial charge is 0.140 e. The lowest BCUT2D eigenvalue weighted by atomic mass is 9.82. The molecule has 0 bridgehead atoms. The van der Waals surface area contributed by atoms with Crippen molar-refractivity contribution in [3.05, 3.63) is 18.0 Å². The molecule has 1 unspecified atom stereocenters. The number of hydrogen-bond acceptors (Lipinski definition) is 3. The fraction of sp³-hybridized carbons (Fsp3) is 0.667. The van der Waals surface area contributed by atoms with Gasteiger partial charge < -0.3 is 5.32 Å². The van der Waals surface area contributed by atoms with Crippen molar-refractivity contribution >= 4 is 5.78 Å². The highest BCUT2D eigenvalue weighted by Gasteiger charge is 2.35. The van der Waals surface area contributed by atoms with Gasteiger partial charge in [-0.05, 0) is 24.9 Å². The van der Waals surface area contributed by atoms with E-state index in [1.54, 1.807) is 4.68 Å². The molecular weight excluding hydrogens is 202 g/mol.